The third kappa shape index (κ3) is 2.26. The summed E-state index contributed by atoms with van der Waals surface area (Å²) in [5.41, 5.74) is 0.622. The number of aromatic amines is 1. The van der Waals surface area contributed by atoms with Gasteiger partial charge in [-0.25, -0.2) is 4.98 Å². The van der Waals surface area contributed by atoms with Gasteiger partial charge in [-0.1, -0.05) is 20.8 Å². The Morgan fingerprint density at radius 3 is 2.43 bits per heavy atom. The van der Waals surface area contributed by atoms with Crippen LogP contribution in [0, 0.1) is 3.57 Å². The second-order valence-corrected chi connectivity index (χ2v) is 5.16. The molecule has 0 aliphatic heterocycles. The first kappa shape index (κ1) is 11.5. The molecule has 1 aromatic heterocycles. The summed E-state index contributed by atoms with van der Waals surface area (Å²) in [4.78, 5) is 18.5. The van der Waals surface area contributed by atoms with Gasteiger partial charge >= 0.3 is 0 Å². The van der Waals surface area contributed by atoms with E-state index in [1.165, 1.54) is 0 Å². The molecule has 0 amide bonds. The zero-order valence-corrected chi connectivity index (χ0v) is 10.9. The summed E-state index contributed by atoms with van der Waals surface area (Å²) in [6.07, 6.45) is 0. The van der Waals surface area contributed by atoms with Gasteiger partial charge in [0.1, 0.15) is 3.57 Å². The number of hydrogen-bond acceptors (Lipinski definition) is 3. The van der Waals surface area contributed by atoms with Crippen molar-refractivity contribution < 1.29 is 0 Å². The lowest BCUT2D eigenvalue weighted by Gasteiger charge is -2.19. The number of H-pyrrole nitrogens is 1. The van der Waals surface area contributed by atoms with Crippen LogP contribution >= 0.6 is 22.6 Å². The highest BCUT2D eigenvalue weighted by Gasteiger charge is 2.21. The highest BCUT2D eigenvalue weighted by molar-refractivity contribution is 14.1. The molecule has 0 aromatic carbocycles. The Kier molecular flexibility index (Phi) is 3.18. The van der Waals surface area contributed by atoms with Gasteiger partial charge in [0.25, 0.3) is 5.56 Å². The van der Waals surface area contributed by atoms with Crippen molar-refractivity contribution in [3.8, 4) is 0 Å². The highest BCUT2D eigenvalue weighted by Crippen LogP contribution is 2.23. The van der Waals surface area contributed by atoms with Crippen molar-refractivity contribution in [1.29, 1.82) is 0 Å². The van der Waals surface area contributed by atoms with Gasteiger partial charge < -0.3 is 5.32 Å². The van der Waals surface area contributed by atoms with Crippen molar-refractivity contribution in [3.05, 3.63) is 19.6 Å². The van der Waals surface area contributed by atoms with Crippen LogP contribution in [0.25, 0.3) is 0 Å². The van der Waals surface area contributed by atoms with Crippen LogP contribution in [-0.4, -0.2) is 17.0 Å². The van der Waals surface area contributed by atoms with E-state index in [4.69, 9.17) is 0 Å². The Bertz CT molecular complexity index is 392. The molecular weight excluding hydrogens is 293 g/mol. The van der Waals surface area contributed by atoms with Crippen LogP contribution in [-0.2, 0) is 5.41 Å². The lowest BCUT2D eigenvalue weighted by Crippen LogP contribution is -2.24. The Morgan fingerprint density at radius 2 is 2.00 bits per heavy atom. The number of nitrogens with one attached hydrogen (secondary N) is 2. The van der Waals surface area contributed by atoms with Crippen LogP contribution in [0.2, 0.25) is 0 Å². The average Bonchev–Trinajstić information content (AvgIpc) is 2.07. The summed E-state index contributed by atoms with van der Waals surface area (Å²) >= 11 is 2.03. The highest BCUT2D eigenvalue weighted by atomic mass is 127. The monoisotopic (exact) mass is 307 g/mol. The van der Waals surface area contributed by atoms with Gasteiger partial charge in [-0.2, -0.15) is 0 Å². The smallest absolute Gasteiger partial charge is 0.266 e. The molecule has 0 aliphatic carbocycles. The van der Waals surface area contributed by atoms with Crippen LogP contribution in [0.3, 0.4) is 0 Å². The molecule has 0 unspecified atom stereocenters. The minimum atomic E-state index is -0.115. The number of hydrogen-bond donors (Lipinski definition) is 2. The quantitative estimate of drug-likeness (QED) is 0.777. The first-order chi connectivity index (χ1) is 6.36. The van der Waals surface area contributed by atoms with Crippen LogP contribution in [0.1, 0.15) is 26.5 Å². The lowest BCUT2D eigenvalue weighted by atomic mass is 9.92. The second kappa shape index (κ2) is 3.88. The van der Waals surface area contributed by atoms with Gasteiger partial charge in [-0.05, 0) is 22.6 Å². The first-order valence-corrected chi connectivity index (χ1v) is 5.42. The molecule has 0 fully saturated rings. The van der Waals surface area contributed by atoms with E-state index in [-0.39, 0.29) is 11.0 Å². The minimum Gasteiger partial charge on any atom is -0.359 e. The topological polar surface area (TPSA) is 57.8 Å². The maximum atomic E-state index is 11.5. The third-order valence-electron chi connectivity index (χ3n) is 1.81. The van der Waals surface area contributed by atoms with Crippen LogP contribution in [0.5, 0.6) is 0 Å². The summed E-state index contributed by atoms with van der Waals surface area (Å²) in [6.45, 7) is 6.11. The van der Waals surface area contributed by atoms with Crippen molar-refractivity contribution in [1.82, 2.24) is 9.97 Å². The number of rotatable bonds is 1. The molecule has 1 rings (SSSR count). The predicted molar refractivity (Wildman–Crippen MR) is 65.8 cm³/mol. The van der Waals surface area contributed by atoms with Crippen molar-refractivity contribution in [2.75, 3.05) is 12.4 Å². The molecule has 0 spiro atoms. The van der Waals surface area contributed by atoms with E-state index in [1.807, 2.05) is 43.4 Å². The first-order valence-electron chi connectivity index (χ1n) is 4.34. The summed E-state index contributed by atoms with van der Waals surface area (Å²) < 4.78 is 0.661. The molecular formula is C9H14IN3O. The normalized spacial score (nSPS) is 11.5. The summed E-state index contributed by atoms with van der Waals surface area (Å²) in [5, 5.41) is 2.84. The summed E-state index contributed by atoms with van der Waals surface area (Å²) in [5.74, 6) is 0.514. The van der Waals surface area contributed by atoms with Crippen LogP contribution in [0.4, 0.5) is 5.95 Å². The minimum absolute atomic E-state index is 0.0881. The number of anilines is 1. The molecule has 0 saturated heterocycles. The average molecular weight is 307 g/mol. The summed E-state index contributed by atoms with van der Waals surface area (Å²) in [7, 11) is 1.73. The number of nitrogens with zero attached hydrogens (tertiary/aromatic N) is 1. The Morgan fingerprint density at radius 1 is 1.43 bits per heavy atom. The van der Waals surface area contributed by atoms with Crippen LogP contribution in [0.15, 0.2) is 4.79 Å². The predicted octanol–water partition coefficient (Wildman–Crippen LogP) is 1.71. The van der Waals surface area contributed by atoms with Gasteiger partial charge in [0, 0.05) is 12.5 Å². The number of halogens is 1. The van der Waals surface area contributed by atoms with Crippen molar-refractivity contribution in [2.24, 2.45) is 0 Å². The maximum Gasteiger partial charge on any atom is 0.266 e. The van der Waals surface area contributed by atoms with Gasteiger partial charge in [-0.3, -0.25) is 9.78 Å². The molecule has 1 heterocycles. The van der Waals surface area contributed by atoms with E-state index >= 15 is 0 Å². The zero-order valence-electron chi connectivity index (χ0n) is 8.73. The van der Waals surface area contributed by atoms with E-state index in [2.05, 4.69) is 15.3 Å². The lowest BCUT2D eigenvalue weighted by molar-refractivity contribution is 0.562. The molecule has 4 nitrogen and oxygen atoms in total. The van der Waals surface area contributed by atoms with E-state index < -0.39 is 0 Å². The van der Waals surface area contributed by atoms with E-state index in [9.17, 15) is 4.79 Å². The van der Waals surface area contributed by atoms with Crippen molar-refractivity contribution in [3.63, 3.8) is 0 Å². The zero-order chi connectivity index (χ0) is 10.9. The molecule has 0 aliphatic rings. The molecule has 2 N–H and O–H groups in total. The molecule has 0 atom stereocenters. The Hall–Kier alpha value is -0.590. The van der Waals surface area contributed by atoms with E-state index in [0.29, 0.717) is 9.52 Å². The van der Waals surface area contributed by atoms with Gasteiger partial charge in [-0.15, -0.1) is 0 Å². The molecule has 1 aromatic rings. The van der Waals surface area contributed by atoms with Gasteiger partial charge in [0.15, 0.2) is 0 Å². The fraction of sp³-hybridized carbons (Fsp3) is 0.556. The third-order valence-corrected chi connectivity index (χ3v) is 2.81. The standard InChI is InChI=1S/C9H14IN3O/c1-9(2,3)6-5(10)7(14)13-8(11-4)12-6/h1-4H3,(H2,11,12,13,14). The molecule has 0 saturated carbocycles. The Labute approximate surface area is 96.7 Å². The second-order valence-electron chi connectivity index (χ2n) is 4.08. The molecule has 5 heteroatoms. The van der Waals surface area contributed by atoms with Crippen molar-refractivity contribution >= 4 is 28.5 Å². The van der Waals surface area contributed by atoms with Crippen LogP contribution < -0.4 is 10.9 Å². The molecule has 0 radical (unpaired) electrons. The fourth-order valence-electron chi connectivity index (χ4n) is 1.07. The molecule has 78 valence electrons. The van der Waals surface area contributed by atoms with Crippen molar-refractivity contribution in [2.45, 2.75) is 26.2 Å². The number of aromatic nitrogens is 2. The SMILES string of the molecule is CNc1nc(C(C)(C)C)c(I)c(=O)[nH]1. The largest absolute Gasteiger partial charge is 0.359 e. The summed E-state index contributed by atoms with van der Waals surface area (Å²) in [6, 6.07) is 0. The molecule has 0 bridgehead atoms. The van der Waals surface area contributed by atoms with Gasteiger partial charge in [0.05, 0.1) is 5.69 Å². The Balaban J connectivity index is 3.43. The molecule has 14 heavy (non-hydrogen) atoms. The van der Waals surface area contributed by atoms with E-state index in [0.717, 1.165) is 5.69 Å². The van der Waals surface area contributed by atoms with Gasteiger partial charge in [0.2, 0.25) is 5.95 Å². The maximum absolute atomic E-state index is 11.5. The van der Waals surface area contributed by atoms with E-state index in [1.54, 1.807) is 7.05 Å². The fourth-order valence-corrected chi connectivity index (χ4v) is 2.14.